The smallest absolute Gasteiger partial charge is 0.387 e. The Morgan fingerprint density at radius 2 is 1.86 bits per heavy atom. The quantitative estimate of drug-likeness (QED) is 0.242. The lowest BCUT2D eigenvalue weighted by Gasteiger charge is -2.18. The molecule has 1 fully saturated rings. The summed E-state index contributed by atoms with van der Waals surface area (Å²) < 4.78 is 21.6. The molecule has 4 atom stereocenters. The molecule has 1 aromatic rings. The number of phosphoric acid groups is 1. The van der Waals surface area contributed by atoms with E-state index in [4.69, 9.17) is 20.3 Å². The molecule has 0 radical (unpaired) electrons. The largest absolute Gasteiger partial charge is 0.469 e. The van der Waals surface area contributed by atoms with Crippen LogP contribution < -0.4 is 11.4 Å². The number of nitrogens with two attached hydrogens (primary N) is 1. The molecule has 29 heavy (non-hydrogen) atoms. The number of nitrogen functional groups attached to an aromatic ring is 1. The van der Waals surface area contributed by atoms with Crippen molar-refractivity contribution in [1.82, 2.24) is 9.55 Å². The number of aryl methyl sites for hydroxylation is 1. The lowest BCUT2D eigenvalue weighted by atomic mass is 10.1. The Hall–Kier alpha value is -1.33. The lowest BCUT2D eigenvalue weighted by Crippen LogP contribution is -2.36. The molecule has 1 aromatic heterocycles. The Bertz CT molecular complexity index is 768. The molecule has 0 aliphatic carbocycles. The molecule has 0 bridgehead atoms. The number of phosphoric ester groups is 1. The van der Waals surface area contributed by atoms with Gasteiger partial charge in [0, 0.05) is 11.8 Å². The predicted molar refractivity (Wildman–Crippen MR) is 104 cm³/mol. The number of hydrogen-bond donors (Lipinski definition) is 5. The van der Waals surface area contributed by atoms with Gasteiger partial charge in [0.1, 0.15) is 24.1 Å². The van der Waals surface area contributed by atoms with Crippen molar-refractivity contribution in [1.29, 1.82) is 0 Å². The summed E-state index contributed by atoms with van der Waals surface area (Å²) in [6.07, 6.45) is 3.05. The van der Waals surface area contributed by atoms with Crippen LogP contribution in [0.3, 0.4) is 0 Å². The molecular formula is C17H30N3O8P. The van der Waals surface area contributed by atoms with Gasteiger partial charge in [-0.05, 0) is 12.8 Å². The highest BCUT2D eigenvalue weighted by Gasteiger charge is 2.45. The van der Waals surface area contributed by atoms with Crippen molar-refractivity contribution < 1.29 is 33.8 Å². The average Bonchev–Trinajstić information content (AvgIpc) is 2.92. The molecule has 1 aliphatic heterocycles. The van der Waals surface area contributed by atoms with Crippen molar-refractivity contribution >= 4 is 13.6 Å². The minimum atomic E-state index is -4.77. The van der Waals surface area contributed by atoms with E-state index in [1.807, 2.05) is 0 Å². The number of aliphatic hydroxyl groups excluding tert-OH is 2. The second kappa shape index (κ2) is 10.6. The third kappa shape index (κ3) is 6.85. The molecule has 2 heterocycles. The zero-order valence-corrected chi connectivity index (χ0v) is 17.3. The van der Waals surface area contributed by atoms with Crippen molar-refractivity contribution in [3.8, 4) is 0 Å². The molecule has 0 amide bonds. The third-order valence-corrected chi connectivity index (χ3v) is 5.36. The van der Waals surface area contributed by atoms with Crippen LogP contribution in [-0.4, -0.2) is 54.5 Å². The number of unbranched alkanes of at least 4 members (excludes halogenated alkanes) is 5. The van der Waals surface area contributed by atoms with Crippen molar-refractivity contribution in [3.05, 3.63) is 22.2 Å². The van der Waals surface area contributed by atoms with Gasteiger partial charge in [0.25, 0.3) is 0 Å². The topological polar surface area (TPSA) is 177 Å². The van der Waals surface area contributed by atoms with Gasteiger partial charge in [0.15, 0.2) is 6.23 Å². The first-order valence-electron chi connectivity index (χ1n) is 9.73. The van der Waals surface area contributed by atoms with Gasteiger partial charge in [-0.1, -0.05) is 39.0 Å². The highest BCUT2D eigenvalue weighted by Crippen LogP contribution is 2.38. The molecule has 0 aromatic carbocycles. The minimum Gasteiger partial charge on any atom is -0.387 e. The second-order valence-corrected chi connectivity index (χ2v) is 8.43. The summed E-state index contributed by atoms with van der Waals surface area (Å²) >= 11 is 0. The molecule has 11 nitrogen and oxygen atoms in total. The van der Waals surface area contributed by atoms with E-state index in [1.165, 1.54) is 19.0 Å². The molecule has 166 valence electrons. The summed E-state index contributed by atoms with van der Waals surface area (Å²) in [5.74, 6) is 0.106. The van der Waals surface area contributed by atoms with E-state index in [9.17, 15) is 19.6 Å². The molecule has 1 saturated heterocycles. The van der Waals surface area contributed by atoms with Crippen LogP contribution in [0.4, 0.5) is 5.82 Å². The van der Waals surface area contributed by atoms with E-state index >= 15 is 0 Å². The first-order chi connectivity index (χ1) is 13.6. The number of aromatic nitrogens is 2. The second-order valence-electron chi connectivity index (χ2n) is 7.19. The Labute approximate surface area is 168 Å². The van der Waals surface area contributed by atoms with Crippen LogP contribution in [-0.2, 0) is 20.2 Å². The summed E-state index contributed by atoms with van der Waals surface area (Å²) in [5, 5.41) is 20.3. The molecule has 1 aliphatic rings. The maximum absolute atomic E-state index is 12.2. The molecule has 6 N–H and O–H groups in total. The van der Waals surface area contributed by atoms with E-state index in [0.29, 0.717) is 12.0 Å². The zero-order valence-electron chi connectivity index (χ0n) is 16.4. The van der Waals surface area contributed by atoms with Crippen molar-refractivity contribution in [2.24, 2.45) is 0 Å². The van der Waals surface area contributed by atoms with Gasteiger partial charge >= 0.3 is 13.5 Å². The monoisotopic (exact) mass is 435 g/mol. The van der Waals surface area contributed by atoms with Gasteiger partial charge in [-0.2, -0.15) is 4.98 Å². The van der Waals surface area contributed by atoms with Crippen LogP contribution in [0.1, 0.15) is 57.2 Å². The number of ether oxygens (including phenoxy) is 1. The van der Waals surface area contributed by atoms with Gasteiger partial charge in [-0.15, -0.1) is 0 Å². The highest BCUT2D eigenvalue weighted by atomic mass is 31.2. The predicted octanol–water partition coefficient (Wildman–Crippen LogP) is 0.457. The minimum absolute atomic E-state index is 0.106. The zero-order chi connectivity index (χ0) is 21.6. The standard InChI is InChI=1S/C17H30N3O8P/c1-2-3-4-5-6-7-8-11-9-20(17(23)19-15(11)18)16-14(22)13(21)12(28-16)10-27-29(24,25)26/h9,12-14,16,21-22H,2-8,10H2,1H3,(H2,18,19,23)(H2,24,25,26)/t12-,13-,14-,16-/m1/s1. The van der Waals surface area contributed by atoms with Gasteiger partial charge in [-0.3, -0.25) is 9.09 Å². The van der Waals surface area contributed by atoms with Gasteiger partial charge in [-0.25, -0.2) is 9.36 Å². The van der Waals surface area contributed by atoms with Crippen molar-refractivity contribution in [2.75, 3.05) is 12.3 Å². The molecule has 12 heteroatoms. The highest BCUT2D eigenvalue weighted by molar-refractivity contribution is 7.46. The maximum Gasteiger partial charge on any atom is 0.469 e. The number of rotatable bonds is 11. The average molecular weight is 435 g/mol. The fraction of sp³-hybridized carbons (Fsp3) is 0.765. The molecule has 2 rings (SSSR count). The Morgan fingerprint density at radius 1 is 1.21 bits per heavy atom. The van der Waals surface area contributed by atoms with Gasteiger partial charge in [0.2, 0.25) is 0 Å². The van der Waals surface area contributed by atoms with E-state index in [0.717, 1.165) is 30.3 Å². The summed E-state index contributed by atoms with van der Waals surface area (Å²) in [6, 6.07) is 0. The first kappa shape index (κ1) is 23.9. The number of anilines is 1. The number of aliphatic hydroxyl groups is 2. The van der Waals surface area contributed by atoms with E-state index in [-0.39, 0.29) is 5.82 Å². The van der Waals surface area contributed by atoms with E-state index < -0.39 is 44.7 Å². The maximum atomic E-state index is 12.2. The molecule has 0 unspecified atom stereocenters. The van der Waals surface area contributed by atoms with Crippen LogP contribution in [0.15, 0.2) is 11.0 Å². The van der Waals surface area contributed by atoms with Gasteiger partial charge in [0.05, 0.1) is 6.61 Å². The molecular weight excluding hydrogens is 405 g/mol. The number of nitrogens with zero attached hydrogens (tertiary/aromatic N) is 2. The summed E-state index contributed by atoms with van der Waals surface area (Å²) in [7, 11) is -4.77. The van der Waals surface area contributed by atoms with Crippen LogP contribution >= 0.6 is 7.82 Å². The fourth-order valence-corrected chi connectivity index (χ4v) is 3.60. The summed E-state index contributed by atoms with van der Waals surface area (Å²) in [5.41, 5.74) is 5.72. The van der Waals surface area contributed by atoms with E-state index in [2.05, 4.69) is 16.4 Å². The van der Waals surface area contributed by atoms with Crippen LogP contribution in [0, 0.1) is 0 Å². The molecule has 0 spiro atoms. The number of hydrogen-bond acceptors (Lipinski definition) is 8. The van der Waals surface area contributed by atoms with Crippen LogP contribution in [0.5, 0.6) is 0 Å². The van der Waals surface area contributed by atoms with Crippen LogP contribution in [0.2, 0.25) is 0 Å². The molecule has 0 saturated carbocycles. The van der Waals surface area contributed by atoms with Crippen molar-refractivity contribution in [2.45, 2.75) is 76.4 Å². The SMILES string of the molecule is CCCCCCCCc1cn([C@@H]2O[C@H](COP(=O)(O)O)[C@@H](O)[C@H]2O)c(=O)nc1N. The summed E-state index contributed by atoms with van der Waals surface area (Å²) in [6.45, 7) is 1.50. The van der Waals surface area contributed by atoms with Crippen molar-refractivity contribution in [3.63, 3.8) is 0 Å². The van der Waals surface area contributed by atoms with Gasteiger partial charge < -0.3 is 30.5 Å². The Morgan fingerprint density at radius 3 is 2.52 bits per heavy atom. The summed E-state index contributed by atoms with van der Waals surface area (Å²) in [4.78, 5) is 33.6. The Kier molecular flexibility index (Phi) is 8.77. The van der Waals surface area contributed by atoms with E-state index in [1.54, 1.807) is 0 Å². The lowest BCUT2D eigenvalue weighted by molar-refractivity contribution is -0.0543. The Balaban J connectivity index is 2.07. The van der Waals surface area contributed by atoms with Crippen LogP contribution in [0.25, 0.3) is 0 Å². The first-order valence-corrected chi connectivity index (χ1v) is 11.3. The normalized spacial score (nSPS) is 24.9. The fourth-order valence-electron chi connectivity index (χ4n) is 3.26. The third-order valence-electron chi connectivity index (χ3n) is 4.88.